The fourth-order valence-electron chi connectivity index (χ4n) is 2.13. The number of thiazole rings is 1. The molecule has 0 radical (unpaired) electrons. The van der Waals surface area contributed by atoms with Crippen LogP contribution in [-0.4, -0.2) is 43.6 Å². The van der Waals surface area contributed by atoms with Gasteiger partial charge in [0.05, 0.1) is 28.5 Å². The van der Waals surface area contributed by atoms with E-state index in [1.54, 1.807) is 18.2 Å². The average Bonchev–Trinajstić information content (AvgIpc) is 2.82. The van der Waals surface area contributed by atoms with Gasteiger partial charge < -0.3 is 14.2 Å². The molecule has 0 N–H and O–H groups in total. The summed E-state index contributed by atoms with van der Waals surface area (Å²) in [7, 11) is 1.52. The molecule has 126 valence electrons. The normalized spacial score (nSPS) is 12.5. The molecule has 8 heteroatoms. The van der Waals surface area contributed by atoms with Gasteiger partial charge in [0.25, 0.3) is 0 Å². The molecule has 6 nitrogen and oxygen atoms in total. The first kappa shape index (κ1) is 17.9. The van der Waals surface area contributed by atoms with Crippen molar-refractivity contribution < 1.29 is 19.0 Å². The highest BCUT2D eigenvalue weighted by Crippen LogP contribution is 2.25. The molecule has 1 atom stereocenters. The minimum absolute atomic E-state index is 0.199. The predicted octanol–water partition coefficient (Wildman–Crippen LogP) is 2.31. The molecule has 0 fully saturated rings. The van der Waals surface area contributed by atoms with Gasteiger partial charge in [0.2, 0.25) is 0 Å². The Morgan fingerprint density at radius 2 is 2.17 bits per heavy atom. The molecule has 2 aromatic rings. The minimum Gasteiger partial charge on any atom is -0.456 e. The molecule has 0 aliphatic carbocycles. The van der Waals surface area contributed by atoms with E-state index in [0.29, 0.717) is 17.1 Å². The number of esters is 1. The predicted molar refractivity (Wildman–Crippen MR) is 89.3 cm³/mol. The first-order valence-electron chi connectivity index (χ1n) is 7.10. The number of halogens is 1. The maximum Gasteiger partial charge on any atom is 0.326 e. The Hall–Kier alpha value is -1.41. The number of hydrogen-bond acceptors (Lipinski definition) is 6. The van der Waals surface area contributed by atoms with Gasteiger partial charge in [0.1, 0.15) is 12.6 Å². The van der Waals surface area contributed by atoms with Crippen LogP contribution < -0.4 is 4.87 Å². The lowest BCUT2D eigenvalue weighted by molar-refractivity contribution is -0.156. The first-order chi connectivity index (χ1) is 11.1. The highest BCUT2D eigenvalue weighted by molar-refractivity contribution is 7.16. The van der Waals surface area contributed by atoms with Crippen molar-refractivity contribution in [3.05, 3.63) is 32.9 Å². The van der Waals surface area contributed by atoms with Gasteiger partial charge in [-0.3, -0.25) is 14.2 Å². The van der Waals surface area contributed by atoms with Gasteiger partial charge in [-0.25, -0.2) is 0 Å². The molecule has 0 saturated carbocycles. The van der Waals surface area contributed by atoms with Crippen LogP contribution >= 0.6 is 22.9 Å². The maximum absolute atomic E-state index is 12.1. The number of carbonyl (C=O) groups excluding carboxylic acids is 1. The van der Waals surface area contributed by atoms with Crippen LogP contribution in [0.5, 0.6) is 0 Å². The highest BCUT2D eigenvalue weighted by atomic mass is 35.5. The molecule has 0 amide bonds. The van der Waals surface area contributed by atoms with E-state index in [2.05, 4.69) is 0 Å². The first-order valence-corrected chi connectivity index (χ1v) is 8.30. The Kier molecular flexibility index (Phi) is 6.59. The number of hydrogen-bond donors (Lipinski definition) is 0. The number of benzene rings is 1. The Labute approximate surface area is 142 Å². The maximum atomic E-state index is 12.1. The van der Waals surface area contributed by atoms with Crippen molar-refractivity contribution in [2.45, 2.75) is 19.6 Å². The van der Waals surface area contributed by atoms with E-state index in [-0.39, 0.29) is 24.6 Å². The van der Waals surface area contributed by atoms with E-state index in [1.807, 2.05) is 6.92 Å². The number of methoxy groups -OCH3 is 1. The van der Waals surface area contributed by atoms with Gasteiger partial charge in [-0.1, -0.05) is 29.0 Å². The molecule has 2 rings (SSSR count). The van der Waals surface area contributed by atoms with Crippen molar-refractivity contribution in [3.8, 4) is 0 Å². The molecule has 1 heterocycles. The Bertz CT molecular complexity index is 726. The van der Waals surface area contributed by atoms with Gasteiger partial charge >= 0.3 is 10.8 Å². The Balaban J connectivity index is 2.13. The molecule has 1 aromatic heterocycles. The summed E-state index contributed by atoms with van der Waals surface area (Å²) in [5.74, 6) is -0.534. The molecule has 0 aliphatic rings. The summed E-state index contributed by atoms with van der Waals surface area (Å²) in [6.07, 6.45) is -0.511. The van der Waals surface area contributed by atoms with Crippen molar-refractivity contribution in [2.75, 3.05) is 26.9 Å². The molecule has 23 heavy (non-hydrogen) atoms. The largest absolute Gasteiger partial charge is 0.456 e. The standard InChI is InChI=1S/C15H18ClNO5S/c1-3-21-9-10(8-20-2)22-13(18)7-17-14-11(16)5-4-6-12(14)23-15(17)19/h4-6,10H,3,7-9H2,1-2H3/t10-/m0/s1. The summed E-state index contributed by atoms with van der Waals surface area (Å²) in [4.78, 5) is 24.0. The lowest BCUT2D eigenvalue weighted by Crippen LogP contribution is -2.31. The zero-order valence-electron chi connectivity index (χ0n) is 12.9. The second-order valence-electron chi connectivity index (χ2n) is 4.77. The molecular formula is C15H18ClNO5S. The number of nitrogens with zero attached hydrogens (tertiary/aromatic N) is 1. The van der Waals surface area contributed by atoms with Crippen LogP contribution in [0.2, 0.25) is 5.02 Å². The van der Waals surface area contributed by atoms with Gasteiger partial charge in [-0.2, -0.15) is 0 Å². The van der Waals surface area contributed by atoms with Crippen LogP contribution in [-0.2, 0) is 25.5 Å². The summed E-state index contributed by atoms with van der Waals surface area (Å²) < 4.78 is 17.6. The second kappa shape index (κ2) is 8.44. The second-order valence-corrected chi connectivity index (χ2v) is 6.17. The van der Waals surface area contributed by atoms with Gasteiger partial charge in [0.15, 0.2) is 0 Å². The summed E-state index contributed by atoms with van der Waals surface area (Å²) >= 11 is 7.18. The Morgan fingerprint density at radius 1 is 1.39 bits per heavy atom. The van der Waals surface area contributed by atoms with Crippen LogP contribution in [0.15, 0.2) is 23.0 Å². The number of ether oxygens (including phenoxy) is 3. The van der Waals surface area contributed by atoms with Crippen LogP contribution in [0.1, 0.15) is 6.92 Å². The molecule has 0 aliphatic heterocycles. The number of fused-ring (bicyclic) bond motifs is 1. The van der Waals surface area contributed by atoms with E-state index < -0.39 is 12.1 Å². The van der Waals surface area contributed by atoms with Crippen molar-refractivity contribution in [2.24, 2.45) is 0 Å². The van der Waals surface area contributed by atoms with E-state index >= 15 is 0 Å². The average molecular weight is 360 g/mol. The number of rotatable bonds is 8. The van der Waals surface area contributed by atoms with Crippen molar-refractivity contribution >= 4 is 39.1 Å². The zero-order chi connectivity index (χ0) is 16.8. The molecule has 0 bridgehead atoms. The third-order valence-corrected chi connectivity index (χ3v) is 4.33. The number of carbonyl (C=O) groups is 1. The van der Waals surface area contributed by atoms with Crippen LogP contribution in [0.4, 0.5) is 0 Å². The highest BCUT2D eigenvalue weighted by Gasteiger charge is 2.18. The van der Waals surface area contributed by atoms with Crippen LogP contribution in [0.3, 0.4) is 0 Å². The third-order valence-electron chi connectivity index (χ3n) is 3.08. The number of aromatic nitrogens is 1. The van der Waals surface area contributed by atoms with E-state index in [9.17, 15) is 9.59 Å². The lowest BCUT2D eigenvalue weighted by atomic mass is 10.3. The van der Waals surface area contributed by atoms with Crippen LogP contribution in [0.25, 0.3) is 10.2 Å². The lowest BCUT2D eigenvalue weighted by Gasteiger charge is -2.17. The van der Waals surface area contributed by atoms with Crippen LogP contribution in [0, 0.1) is 0 Å². The van der Waals surface area contributed by atoms with Gasteiger partial charge in [0, 0.05) is 13.7 Å². The van der Waals surface area contributed by atoms with Crippen molar-refractivity contribution in [1.82, 2.24) is 4.57 Å². The van der Waals surface area contributed by atoms with Gasteiger partial charge in [-0.15, -0.1) is 0 Å². The minimum atomic E-state index is -0.534. The van der Waals surface area contributed by atoms with Crippen molar-refractivity contribution in [1.29, 1.82) is 0 Å². The monoisotopic (exact) mass is 359 g/mol. The summed E-state index contributed by atoms with van der Waals surface area (Å²) in [6, 6.07) is 5.23. The Morgan fingerprint density at radius 3 is 2.87 bits per heavy atom. The third kappa shape index (κ3) is 4.54. The fourth-order valence-corrected chi connectivity index (χ4v) is 3.38. The summed E-state index contributed by atoms with van der Waals surface area (Å²) in [6.45, 7) is 2.64. The number of para-hydroxylation sites is 1. The molecule has 0 spiro atoms. The molecule has 0 saturated heterocycles. The van der Waals surface area contributed by atoms with E-state index in [1.165, 1.54) is 11.7 Å². The molecule has 0 unspecified atom stereocenters. The quantitative estimate of drug-likeness (QED) is 0.677. The smallest absolute Gasteiger partial charge is 0.326 e. The van der Waals surface area contributed by atoms with Gasteiger partial charge in [-0.05, 0) is 19.1 Å². The fraction of sp³-hybridized carbons (Fsp3) is 0.467. The topological polar surface area (TPSA) is 66.8 Å². The van der Waals surface area contributed by atoms with Crippen molar-refractivity contribution in [3.63, 3.8) is 0 Å². The molecule has 1 aromatic carbocycles. The molecular weight excluding hydrogens is 342 g/mol. The summed E-state index contributed by atoms with van der Waals surface area (Å²) in [5, 5.41) is 0.427. The SMILES string of the molecule is CCOC[C@H](COC)OC(=O)Cn1c(=O)sc2cccc(Cl)c21. The van der Waals surface area contributed by atoms with E-state index in [0.717, 1.165) is 16.0 Å². The van der Waals surface area contributed by atoms with E-state index in [4.69, 9.17) is 25.8 Å². The zero-order valence-corrected chi connectivity index (χ0v) is 14.5. The summed E-state index contributed by atoms with van der Waals surface area (Å²) in [5.41, 5.74) is 0.550.